The van der Waals surface area contributed by atoms with Gasteiger partial charge in [0.15, 0.2) is 0 Å². The molecule has 1 heterocycles. The Bertz CT molecular complexity index is 1180. The number of amides is 2. The molecule has 1 saturated heterocycles. The average Bonchev–Trinajstić information content (AvgIpc) is 2.85. The lowest BCUT2D eigenvalue weighted by Gasteiger charge is -2.35. The minimum atomic E-state index is -1.03. The van der Waals surface area contributed by atoms with Gasteiger partial charge in [-0.2, -0.15) is 0 Å². The Morgan fingerprint density at radius 3 is 2.31 bits per heavy atom. The van der Waals surface area contributed by atoms with Crippen LogP contribution in [0.25, 0.3) is 0 Å². The van der Waals surface area contributed by atoms with Crippen molar-refractivity contribution in [3.05, 3.63) is 95.6 Å². The van der Waals surface area contributed by atoms with E-state index >= 15 is 0 Å². The van der Waals surface area contributed by atoms with Crippen LogP contribution >= 0.6 is 0 Å². The molecule has 2 amide bonds. The number of nitrogens with zero attached hydrogens (tertiary/aromatic N) is 2. The maximum absolute atomic E-state index is 14.2. The maximum atomic E-state index is 14.2. The van der Waals surface area contributed by atoms with Crippen LogP contribution in [0.2, 0.25) is 0 Å². The zero-order chi connectivity index (χ0) is 24.8. The molecule has 1 atom stereocenters. The highest BCUT2D eigenvalue weighted by Crippen LogP contribution is 2.28. The van der Waals surface area contributed by atoms with E-state index < -0.39 is 29.5 Å². The Morgan fingerprint density at radius 1 is 0.914 bits per heavy atom. The van der Waals surface area contributed by atoms with Crippen LogP contribution in [0.15, 0.2) is 72.8 Å². The molecule has 0 aromatic heterocycles. The van der Waals surface area contributed by atoms with E-state index in [0.717, 1.165) is 5.56 Å². The van der Waals surface area contributed by atoms with Gasteiger partial charge in [-0.1, -0.05) is 42.5 Å². The van der Waals surface area contributed by atoms with Crippen LogP contribution < -0.4 is 21.4 Å². The van der Waals surface area contributed by atoms with E-state index in [4.69, 9.17) is 5.84 Å². The van der Waals surface area contributed by atoms with Crippen molar-refractivity contribution in [1.29, 1.82) is 0 Å². The summed E-state index contributed by atoms with van der Waals surface area (Å²) in [7, 11) is 0. The number of nitrogens with two attached hydrogens (primary N) is 1. The molecule has 1 unspecified atom stereocenters. The minimum absolute atomic E-state index is 0.163. The molecule has 35 heavy (non-hydrogen) atoms. The number of halogens is 2. The Balaban J connectivity index is 1.58. The summed E-state index contributed by atoms with van der Waals surface area (Å²) in [5, 5.41) is 7.12. The molecule has 0 aliphatic carbocycles. The predicted octanol–water partition coefficient (Wildman–Crippen LogP) is 2.94. The quantitative estimate of drug-likeness (QED) is 0.454. The first-order valence-corrected chi connectivity index (χ1v) is 11.3. The van der Waals surface area contributed by atoms with E-state index in [1.54, 1.807) is 17.1 Å². The van der Waals surface area contributed by atoms with Crippen molar-refractivity contribution in [2.45, 2.75) is 12.5 Å². The van der Waals surface area contributed by atoms with Gasteiger partial charge in [-0.25, -0.2) is 13.8 Å². The Hall–Kier alpha value is -3.82. The number of hydrogen-bond acceptors (Lipinski definition) is 5. The Labute approximate surface area is 202 Å². The highest BCUT2D eigenvalue weighted by molar-refractivity contribution is 6.02. The minimum Gasteiger partial charge on any atom is -0.367 e. The molecule has 182 valence electrons. The molecule has 3 aromatic rings. The topological polar surface area (TPSA) is 90.7 Å². The predicted molar refractivity (Wildman–Crippen MR) is 131 cm³/mol. The smallest absolute Gasteiger partial charge is 0.254 e. The van der Waals surface area contributed by atoms with E-state index in [1.165, 1.54) is 30.3 Å². The summed E-state index contributed by atoms with van der Waals surface area (Å²) in [4.78, 5) is 28.2. The first kappa shape index (κ1) is 24.3. The van der Waals surface area contributed by atoms with Crippen molar-refractivity contribution < 1.29 is 18.4 Å². The molecule has 1 fully saturated rings. The van der Waals surface area contributed by atoms with Crippen LogP contribution in [0.4, 0.5) is 20.2 Å². The van der Waals surface area contributed by atoms with Crippen molar-refractivity contribution in [2.75, 3.05) is 36.4 Å². The summed E-state index contributed by atoms with van der Waals surface area (Å²) in [5.41, 5.74) is 1.59. The number of piperazine rings is 1. The molecule has 1 aliphatic rings. The molecule has 0 bridgehead atoms. The second-order valence-corrected chi connectivity index (χ2v) is 8.37. The first-order valence-electron chi connectivity index (χ1n) is 11.3. The van der Waals surface area contributed by atoms with Crippen LogP contribution in [0.5, 0.6) is 0 Å². The van der Waals surface area contributed by atoms with Crippen molar-refractivity contribution in [2.24, 2.45) is 5.84 Å². The molecule has 4 N–H and O–H groups in total. The highest BCUT2D eigenvalue weighted by Gasteiger charge is 2.25. The van der Waals surface area contributed by atoms with Gasteiger partial charge in [0.25, 0.3) is 5.91 Å². The fourth-order valence-corrected chi connectivity index (χ4v) is 4.01. The third kappa shape index (κ3) is 6.20. The third-order valence-electron chi connectivity index (χ3n) is 5.89. The third-order valence-corrected chi connectivity index (χ3v) is 5.89. The van der Waals surface area contributed by atoms with E-state index in [-0.39, 0.29) is 12.0 Å². The van der Waals surface area contributed by atoms with Gasteiger partial charge in [-0.05, 0) is 35.9 Å². The van der Waals surface area contributed by atoms with Gasteiger partial charge < -0.3 is 15.5 Å². The van der Waals surface area contributed by atoms with Crippen LogP contribution in [-0.2, 0) is 11.2 Å². The summed E-state index contributed by atoms with van der Waals surface area (Å²) in [6.07, 6.45) is 0.170. The van der Waals surface area contributed by atoms with Gasteiger partial charge in [-0.15, -0.1) is 0 Å². The fraction of sp³-hybridized carbons (Fsp3) is 0.231. The average molecular weight is 480 g/mol. The van der Waals surface area contributed by atoms with Gasteiger partial charge in [0.2, 0.25) is 5.91 Å². The molecule has 0 spiro atoms. The van der Waals surface area contributed by atoms with Crippen molar-refractivity contribution in [3.63, 3.8) is 0 Å². The number of carbonyl (C=O) groups is 2. The number of benzene rings is 3. The standard InChI is InChI=1S/C26H27F2N5O2/c27-19-10-11-24(32-12-14-33(29)15-13-32)22(17-19)30-26(35)23(16-18-6-2-1-3-7-18)31-25(34)20-8-4-5-9-21(20)28/h1-11,17,23H,12-16,29H2,(H,30,35)(H,31,34). The molecule has 9 heteroatoms. The van der Waals surface area contributed by atoms with Crippen molar-refractivity contribution in [3.8, 4) is 0 Å². The van der Waals surface area contributed by atoms with Crippen LogP contribution in [0.3, 0.4) is 0 Å². The molecule has 4 rings (SSSR count). The Morgan fingerprint density at radius 2 is 1.60 bits per heavy atom. The molecular formula is C26H27F2N5O2. The van der Waals surface area contributed by atoms with Crippen molar-refractivity contribution in [1.82, 2.24) is 10.3 Å². The SMILES string of the molecule is NN1CCN(c2ccc(F)cc2NC(=O)C(Cc2ccccc2)NC(=O)c2ccccc2F)CC1. The van der Waals surface area contributed by atoms with Crippen LogP contribution in [-0.4, -0.2) is 49.0 Å². The number of hydrazine groups is 1. The van der Waals surface area contributed by atoms with Crippen molar-refractivity contribution >= 4 is 23.2 Å². The van der Waals surface area contributed by atoms with Gasteiger partial charge in [0.05, 0.1) is 16.9 Å². The van der Waals surface area contributed by atoms with Gasteiger partial charge in [0, 0.05) is 32.6 Å². The highest BCUT2D eigenvalue weighted by atomic mass is 19.1. The Kier molecular flexibility index (Phi) is 7.69. The summed E-state index contributed by atoms with van der Waals surface area (Å²) < 4.78 is 28.3. The molecule has 3 aromatic carbocycles. The molecule has 0 saturated carbocycles. The summed E-state index contributed by atoms with van der Waals surface area (Å²) in [6.45, 7) is 2.48. The first-order chi connectivity index (χ1) is 16.9. The monoisotopic (exact) mass is 479 g/mol. The largest absolute Gasteiger partial charge is 0.367 e. The van der Waals surface area contributed by atoms with Gasteiger partial charge in [0.1, 0.15) is 17.7 Å². The molecule has 7 nitrogen and oxygen atoms in total. The second kappa shape index (κ2) is 11.1. The molecule has 0 radical (unpaired) electrons. The molecular weight excluding hydrogens is 452 g/mol. The number of hydrogen-bond donors (Lipinski definition) is 3. The summed E-state index contributed by atoms with van der Waals surface area (Å²) >= 11 is 0. The molecule has 1 aliphatic heterocycles. The summed E-state index contributed by atoms with van der Waals surface area (Å²) in [6, 6.07) is 17.9. The lowest BCUT2D eigenvalue weighted by atomic mass is 10.0. The summed E-state index contributed by atoms with van der Waals surface area (Å²) in [5.74, 6) is 3.41. The van der Waals surface area contributed by atoms with Crippen LogP contribution in [0, 0.1) is 11.6 Å². The van der Waals surface area contributed by atoms with E-state index in [1.807, 2.05) is 35.2 Å². The van der Waals surface area contributed by atoms with Gasteiger partial charge >= 0.3 is 0 Å². The number of rotatable bonds is 7. The lowest BCUT2D eigenvalue weighted by Crippen LogP contribution is -2.49. The zero-order valence-electron chi connectivity index (χ0n) is 19.1. The number of carbonyl (C=O) groups excluding carboxylic acids is 2. The fourth-order valence-electron chi connectivity index (χ4n) is 4.01. The van der Waals surface area contributed by atoms with E-state index in [0.29, 0.717) is 37.6 Å². The van der Waals surface area contributed by atoms with E-state index in [2.05, 4.69) is 10.6 Å². The number of nitrogens with one attached hydrogen (secondary N) is 2. The van der Waals surface area contributed by atoms with Crippen LogP contribution in [0.1, 0.15) is 15.9 Å². The second-order valence-electron chi connectivity index (χ2n) is 8.37. The number of anilines is 2. The zero-order valence-corrected chi connectivity index (χ0v) is 19.1. The van der Waals surface area contributed by atoms with E-state index in [9.17, 15) is 18.4 Å². The van der Waals surface area contributed by atoms with Gasteiger partial charge in [-0.3, -0.25) is 15.4 Å². The maximum Gasteiger partial charge on any atom is 0.254 e. The lowest BCUT2D eigenvalue weighted by molar-refractivity contribution is -0.118. The normalized spacial score (nSPS) is 14.9.